The van der Waals surface area contributed by atoms with E-state index in [4.69, 9.17) is 0 Å². The van der Waals surface area contributed by atoms with Crippen LogP contribution in [-0.2, 0) is 4.79 Å². The monoisotopic (exact) mass is 545 g/mol. The van der Waals surface area contributed by atoms with Gasteiger partial charge < -0.3 is 5.32 Å². The minimum atomic E-state index is -0.837. The molecule has 0 radical (unpaired) electrons. The zero-order valence-electron chi connectivity index (χ0n) is 19.8. The Labute approximate surface area is 217 Å². The summed E-state index contributed by atoms with van der Waals surface area (Å²) in [6.45, 7) is 4.08. The molecule has 0 saturated carbocycles. The van der Waals surface area contributed by atoms with Crippen molar-refractivity contribution in [3.8, 4) is 0 Å². The first-order valence-corrected chi connectivity index (χ1v) is 12.4. The first-order chi connectivity index (χ1) is 17.1. The molecule has 3 aromatic carbocycles. The quantitative estimate of drug-likeness (QED) is 0.288. The maximum absolute atomic E-state index is 14.2. The molecular weight excluding hydrogens is 522 g/mol. The van der Waals surface area contributed by atoms with E-state index in [1.54, 1.807) is 41.3 Å². The third-order valence-corrected chi connectivity index (χ3v) is 7.14. The molecule has 182 valence electrons. The number of hydrogen-bond acceptors (Lipinski definition) is 5. The van der Waals surface area contributed by atoms with Crippen molar-refractivity contribution in [3.05, 3.63) is 110 Å². The summed E-state index contributed by atoms with van der Waals surface area (Å²) in [6.07, 6.45) is 0.920. The molecule has 1 atom stereocenters. The number of fused-ring (bicyclic) bond motifs is 1. The summed E-state index contributed by atoms with van der Waals surface area (Å²) in [7, 11) is 0. The van der Waals surface area contributed by atoms with E-state index in [1.165, 1.54) is 12.1 Å². The van der Waals surface area contributed by atoms with E-state index >= 15 is 0 Å². The standard InChI is InChI=1S/C28H24BrN3O4/c1-28(2)15-22-25(24(33)16-28)26(18-6-5-7-20(14-18)32(35)36)31(23-9-4-3-8-21(23)30-22)27(34)17-10-12-19(29)13-11-17/h3-14,26,30H,15-16H2,1-2H3. The van der Waals surface area contributed by atoms with Gasteiger partial charge in [-0.25, -0.2) is 0 Å². The van der Waals surface area contributed by atoms with Crippen LogP contribution in [0.1, 0.15) is 48.7 Å². The van der Waals surface area contributed by atoms with Crippen molar-refractivity contribution in [1.82, 2.24) is 0 Å². The van der Waals surface area contributed by atoms with Crippen LogP contribution < -0.4 is 10.2 Å². The number of amides is 1. The van der Waals surface area contributed by atoms with Crippen molar-refractivity contribution >= 4 is 44.7 Å². The normalized spacial score (nSPS) is 18.6. The highest BCUT2D eigenvalue weighted by Gasteiger charge is 2.43. The van der Waals surface area contributed by atoms with Gasteiger partial charge in [0.2, 0.25) is 0 Å². The van der Waals surface area contributed by atoms with Gasteiger partial charge in [0.15, 0.2) is 5.78 Å². The second-order valence-electron chi connectivity index (χ2n) is 9.91. The summed E-state index contributed by atoms with van der Waals surface area (Å²) in [5.74, 6) is -0.383. The molecule has 0 spiro atoms. The fourth-order valence-corrected chi connectivity index (χ4v) is 5.33. The Balaban J connectivity index is 1.80. The van der Waals surface area contributed by atoms with E-state index in [1.807, 2.05) is 38.1 Å². The van der Waals surface area contributed by atoms with Gasteiger partial charge in [-0.15, -0.1) is 0 Å². The maximum Gasteiger partial charge on any atom is 0.269 e. The van der Waals surface area contributed by atoms with E-state index in [-0.39, 0.29) is 22.8 Å². The van der Waals surface area contributed by atoms with Crippen LogP contribution in [0.2, 0.25) is 0 Å². The smallest absolute Gasteiger partial charge is 0.269 e. The fourth-order valence-electron chi connectivity index (χ4n) is 5.07. The number of nitro groups is 1. The van der Waals surface area contributed by atoms with Gasteiger partial charge in [0.25, 0.3) is 11.6 Å². The number of para-hydroxylation sites is 2. The molecule has 1 aliphatic heterocycles. The number of ketones is 1. The number of anilines is 2. The highest BCUT2D eigenvalue weighted by Crippen LogP contribution is 2.49. The van der Waals surface area contributed by atoms with Gasteiger partial charge in [0.1, 0.15) is 0 Å². The summed E-state index contributed by atoms with van der Waals surface area (Å²) in [4.78, 5) is 40.6. The highest BCUT2D eigenvalue weighted by molar-refractivity contribution is 9.10. The summed E-state index contributed by atoms with van der Waals surface area (Å²) >= 11 is 3.41. The average molecular weight is 546 g/mol. The predicted molar refractivity (Wildman–Crippen MR) is 142 cm³/mol. The lowest BCUT2D eigenvalue weighted by Crippen LogP contribution is -2.39. The number of nitro benzene ring substituents is 1. The number of non-ortho nitro benzene ring substituents is 1. The van der Waals surface area contributed by atoms with E-state index in [0.717, 1.165) is 10.2 Å². The van der Waals surface area contributed by atoms with E-state index in [2.05, 4.69) is 21.2 Å². The molecule has 1 N–H and O–H groups in total. The molecule has 0 bridgehead atoms. The second-order valence-corrected chi connectivity index (χ2v) is 10.8. The minimum Gasteiger partial charge on any atom is -0.357 e. The number of carbonyl (C=O) groups excluding carboxylic acids is 2. The first kappa shape index (κ1) is 23.9. The highest BCUT2D eigenvalue weighted by atomic mass is 79.9. The van der Waals surface area contributed by atoms with Crippen LogP contribution in [0.15, 0.2) is 88.5 Å². The van der Waals surface area contributed by atoms with Gasteiger partial charge in [-0.05, 0) is 53.8 Å². The molecule has 1 unspecified atom stereocenters. The Morgan fingerprint density at radius 1 is 1.06 bits per heavy atom. The largest absolute Gasteiger partial charge is 0.357 e. The fraction of sp³-hybridized carbons (Fsp3) is 0.214. The molecule has 0 aromatic heterocycles. The molecule has 2 aliphatic rings. The first-order valence-electron chi connectivity index (χ1n) is 11.6. The van der Waals surface area contributed by atoms with Crippen molar-refractivity contribution in [3.63, 3.8) is 0 Å². The number of hydrogen-bond donors (Lipinski definition) is 1. The summed E-state index contributed by atoms with van der Waals surface area (Å²) in [5.41, 5.74) is 3.10. The van der Waals surface area contributed by atoms with Gasteiger partial charge >= 0.3 is 0 Å². The van der Waals surface area contributed by atoms with Crippen molar-refractivity contribution in [2.45, 2.75) is 32.7 Å². The van der Waals surface area contributed by atoms with Crippen LogP contribution in [0.5, 0.6) is 0 Å². The minimum absolute atomic E-state index is 0.0772. The molecule has 0 saturated heterocycles. The molecule has 7 nitrogen and oxygen atoms in total. The zero-order valence-corrected chi connectivity index (χ0v) is 21.4. The SMILES string of the molecule is CC1(C)CC(=O)C2=C(C1)Nc1ccccc1N(C(=O)c1ccc(Br)cc1)C2c1cccc([N+](=O)[O-])c1. The van der Waals surface area contributed by atoms with Gasteiger partial charge in [-0.2, -0.15) is 0 Å². The number of halogens is 1. The third-order valence-electron chi connectivity index (χ3n) is 6.61. The lowest BCUT2D eigenvalue weighted by Gasteiger charge is -2.37. The molecule has 1 heterocycles. The maximum atomic E-state index is 14.2. The lowest BCUT2D eigenvalue weighted by molar-refractivity contribution is -0.384. The topological polar surface area (TPSA) is 92.6 Å². The van der Waals surface area contributed by atoms with Crippen LogP contribution in [-0.4, -0.2) is 16.6 Å². The van der Waals surface area contributed by atoms with Crippen LogP contribution in [0, 0.1) is 15.5 Å². The average Bonchev–Trinajstić information content (AvgIpc) is 2.97. The summed E-state index contributed by atoms with van der Waals surface area (Å²) in [5, 5.41) is 15.1. The van der Waals surface area contributed by atoms with Crippen LogP contribution in [0.4, 0.5) is 17.1 Å². The molecule has 3 aromatic rings. The van der Waals surface area contributed by atoms with Gasteiger partial charge in [-0.1, -0.05) is 54.0 Å². The number of rotatable bonds is 3. The van der Waals surface area contributed by atoms with Gasteiger partial charge in [0, 0.05) is 39.9 Å². The van der Waals surface area contributed by atoms with E-state index < -0.39 is 11.0 Å². The Morgan fingerprint density at radius 2 is 1.78 bits per heavy atom. The number of carbonyl (C=O) groups is 2. The van der Waals surface area contributed by atoms with E-state index in [0.29, 0.717) is 40.9 Å². The van der Waals surface area contributed by atoms with Crippen molar-refractivity contribution < 1.29 is 14.5 Å². The molecule has 1 aliphatic carbocycles. The van der Waals surface area contributed by atoms with Crippen LogP contribution >= 0.6 is 15.9 Å². The Bertz CT molecular complexity index is 1430. The number of benzene rings is 3. The van der Waals surface area contributed by atoms with Gasteiger partial charge in [-0.3, -0.25) is 24.6 Å². The van der Waals surface area contributed by atoms with Crippen molar-refractivity contribution in [2.24, 2.45) is 5.41 Å². The zero-order chi connectivity index (χ0) is 25.6. The van der Waals surface area contributed by atoms with Crippen LogP contribution in [0.3, 0.4) is 0 Å². The lowest BCUT2D eigenvalue weighted by atomic mass is 9.73. The number of nitrogens with one attached hydrogen (secondary N) is 1. The molecule has 8 heteroatoms. The summed E-state index contributed by atoms with van der Waals surface area (Å²) in [6, 6.07) is 19.8. The Kier molecular flexibility index (Phi) is 6.00. The Morgan fingerprint density at radius 3 is 2.50 bits per heavy atom. The van der Waals surface area contributed by atoms with E-state index in [9.17, 15) is 19.7 Å². The van der Waals surface area contributed by atoms with Crippen molar-refractivity contribution in [2.75, 3.05) is 10.2 Å². The molecular formula is C28H24BrN3O4. The van der Waals surface area contributed by atoms with Crippen LogP contribution in [0.25, 0.3) is 0 Å². The number of Topliss-reactive ketones (excluding diaryl/α,β-unsaturated/α-hetero) is 1. The number of nitrogens with zero attached hydrogens (tertiary/aromatic N) is 2. The van der Waals surface area contributed by atoms with Gasteiger partial charge in [0.05, 0.1) is 22.3 Å². The predicted octanol–water partition coefficient (Wildman–Crippen LogP) is 6.81. The Hall–Kier alpha value is -3.78. The molecule has 0 fully saturated rings. The van der Waals surface area contributed by atoms with Crippen molar-refractivity contribution in [1.29, 1.82) is 0 Å². The molecule has 36 heavy (non-hydrogen) atoms. The second kappa shape index (κ2) is 9.02. The third kappa shape index (κ3) is 4.33. The summed E-state index contributed by atoms with van der Waals surface area (Å²) < 4.78 is 0.835. The molecule has 5 rings (SSSR count). The molecule has 1 amide bonds. The number of allylic oxidation sites excluding steroid dienone is 1.